The third-order valence-electron chi connectivity index (χ3n) is 10.6. The largest absolute Gasteiger partial charge is 0.236 e. The van der Waals surface area contributed by atoms with Gasteiger partial charge in [-0.2, -0.15) is 0 Å². The highest BCUT2D eigenvalue weighted by Crippen LogP contribution is 2.51. The van der Waals surface area contributed by atoms with Crippen LogP contribution in [0.5, 0.6) is 0 Å². The fraction of sp³-hybridized carbons (Fsp3) is 0.283. The summed E-state index contributed by atoms with van der Waals surface area (Å²) in [6.07, 6.45) is 9.69. The molecule has 0 radical (unpaired) electrons. The number of thiophene rings is 1. The first kappa shape index (κ1) is 42.0. The summed E-state index contributed by atoms with van der Waals surface area (Å²) >= 11 is 1.92. The topological polar surface area (TPSA) is 25.8 Å². The van der Waals surface area contributed by atoms with Crippen LogP contribution < -0.4 is 0 Å². The minimum atomic E-state index is 0.0553. The Morgan fingerprint density at radius 3 is 2.04 bits per heavy atom. The van der Waals surface area contributed by atoms with Crippen LogP contribution in [0.25, 0.3) is 59.4 Å². The van der Waals surface area contributed by atoms with Crippen molar-refractivity contribution in [3.8, 4) is 33.6 Å². The average Bonchev–Trinajstić information content (AvgIpc) is 3.74. The van der Waals surface area contributed by atoms with Crippen LogP contribution in [-0.2, 0) is 5.41 Å². The molecule has 1 unspecified atom stereocenters. The summed E-state index contributed by atoms with van der Waals surface area (Å²) in [5.41, 5.74) is 15.6. The summed E-state index contributed by atoms with van der Waals surface area (Å²) in [5, 5.41) is 2.75. The molecule has 9 rings (SSSR count). The van der Waals surface area contributed by atoms with Gasteiger partial charge in [-0.1, -0.05) is 172 Å². The van der Waals surface area contributed by atoms with Crippen molar-refractivity contribution in [2.45, 2.75) is 94.9 Å². The molecule has 1 atom stereocenters. The predicted octanol–water partition coefficient (Wildman–Crippen LogP) is 16.2. The van der Waals surface area contributed by atoms with Gasteiger partial charge in [0.1, 0.15) is 0 Å². The van der Waals surface area contributed by atoms with E-state index >= 15 is 0 Å². The molecule has 2 aliphatic rings. The van der Waals surface area contributed by atoms with E-state index in [4.69, 9.17) is 4.98 Å². The van der Waals surface area contributed by atoms with E-state index in [0.29, 0.717) is 5.92 Å². The predicted molar refractivity (Wildman–Crippen MR) is 249 cm³/mol. The van der Waals surface area contributed by atoms with Crippen molar-refractivity contribution >= 4 is 37.1 Å². The number of aromatic nitrogens is 2. The van der Waals surface area contributed by atoms with Gasteiger partial charge in [0.2, 0.25) is 0 Å². The molecule has 0 N–H and O–H groups in total. The minimum Gasteiger partial charge on any atom is -0.236 e. The van der Waals surface area contributed by atoms with Gasteiger partial charge in [-0.15, -0.1) is 11.3 Å². The number of rotatable bonds is 3. The molecule has 0 saturated carbocycles. The highest BCUT2D eigenvalue weighted by molar-refractivity contribution is 7.26. The zero-order chi connectivity index (χ0) is 40.6. The summed E-state index contributed by atoms with van der Waals surface area (Å²) < 4.78 is 2.78. The molecule has 2 nitrogen and oxygen atoms in total. The van der Waals surface area contributed by atoms with E-state index in [0.717, 1.165) is 29.1 Å². The van der Waals surface area contributed by atoms with Gasteiger partial charge < -0.3 is 0 Å². The molecule has 5 aromatic carbocycles. The van der Waals surface area contributed by atoms with Crippen molar-refractivity contribution in [2.24, 2.45) is 5.92 Å². The number of hydrogen-bond acceptors (Lipinski definition) is 3. The Kier molecular flexibility index (Phi) is 14.0. The Labute approximate surface area is 341 Å². The van der Waals surface area contributed by atoms with Crippen LogP contribution in [0.3, 0.4) is 0 Å². The summed E-state index contributed by atoms with van der Waals surface area (Å²) in [6.45, 7) is 25.6. The molecule has 56 heavy (non-hydrogen) atoms. The number of hydrogen-bond donors (Lipinski definition) is 0. The lowest BCUT2D eigenvalue weighted by molar-refractivity contribution is 0.660. The third kappa shape index (κ3) is 8.20. The Hall–Kier alpha value is -5.12. The number of fused-ring (bicyclic) bond motifs is 6. The maximum atomic E-state index is 4.76. The summed E-state index contributed by atoms with van der Waals surface area (Å²) in [7, 11) is 0. The second-order valence-corrected chi connectivity index (χ2v) is 15.5. The van der Waals surface area contributed by atoms with E-state index in [1.807, 2.05) is 89.4 Å². The van der Waals surface area contributed by atoms with E-state index in [9.17, 15) is 0 Å². The molecule has 0 fully saturated rings. The maximum Gasteiger partial charge on any atom is 0.159 e. The maximum absolute atomic E-state index is 4.76. The number of benzene rings is 5. The highest BCUT2D eigenvalue weighted by atomic mass is 32.1. The third-order valence-corrected chi connectivity index (χ3v) is 11.9. The zero-order valence-electron chi connectivity index (χ0n) is 35.7. The molecule has 0 spiro atoms. The van der Waals surface area contributed by atoms with Crippen molar-refractivity contribution in [1.29, 1.82) is 0 Å². The minimum absolute atomic E-state index is 0.0553. The van der Waals surface area contributed by atoms with Crippen LogP contribution >= 0.6 is 11.3 Å². The lowest BCUT2D eigenvalue weighted by Gasteiger charge is -2.22. The summed E-state index contributed by atoms with van der Waals surface area (Å²) in [5.74, 6) is 1.41. The number of nitrogens with zero attached hydrogens (tertiary/aromatic N) is 2. The lowest BCUT2D eigenvalue weighted by atomic mass is 9.81. The van der Waals surface area contributed by atoms with Gasteiger partial charge in [-0.3, -0.25) is 0 Å². The second-order valence-electron chi connectivity index (χ2n) is 14.4. The van der Waals surface area contributed by atoms with E-state index in [2.05, 4.69) is 138 Å². The highest BCUT2D eigenvalue weighted by Gasteiger charge is 2.35. The van der Waals surface area contributed by atoms with Gasteiger partial charge >= 0.3 is 0 Å². The van der Waals surface area contributed by atoms with Gasteiger partial charge in [0.15, 0.2) is 5.82 Å². The van der Waals surface area contributed by atoms with Crippen LogP contribution in [0.1, 0.15) is 102 Å². The lowest BCUT2D eigenvalue weighted by Crippen LogP contribution is -2.15. The summed E-state index contributed by atoms with van der Waals surface area (Å²) in [6, 6.07) is 37.3. The molecule has 2 heterocycles. The van der Waals surface area contributed by atoms with Crippen molar-refractivity contribution in [1.82, 2.24) is 9.97 Å². The van der Waals surface area contributed by atoms with Crippen LogP contribution in [0.4, 0.5) is 0 Å². The van der Waals surface area contributed by atoms with Crippen molar-refractivity contribution in [3.05, 3.63) is 161 Å². The number of aryl methyl sites for hydroxylation is 3. The molecule has 3 heteroatoms. The van der Waals surface area contributed by atoms with Crippen LogP contribution in [0.15, 0.2) is 128 Å². The summed E-state index contributed by atoms with van der Waals surface area (Å²) in [4.78, 5) is 9.22. The number of allylic oxidation sites excluding steroid dienone is 4. The van der Waals surface area contributed by atoms with Gasteiger partial charge in [-0.05, 0) is 101 Å². The SMILES string of the molecule is CC.CC.CC.Cc1cc2c(cc1-c1ccc3c(sc4ccccc43)c1C)-c1ccccc1C2(C)C.Cc1cnc(-c2ccccc2)nc1C1=CCC(C)C=C1. The second kappa shape index (κ2) is 18.7. The normalized spacial score (nSPS) is 14.4. The molecular formula is C53H60N2S. The van der Waals surface area contributed by atoms with Crippen LogP contribution in [-0.4, -0.2) is 9.97 Å². The quantitative estimate of drug-likeness (QED) is 0.179. The first-order valence-electron chi connectivity index (χ1n) is 20.6. The van der Waals surface area contributed by atoms with Gasteiger partial charge in [0.05, 0.1) is 5.69 Å². The van der Waals surface area contributed by atoms with Gasteiger partial charge in [-0.25, -0.2) is 9.97 Å². The van der Waals surface area contributed by atoms with Crippen molar-refractivity contribution in [3.63, 3.8) is 0 Å². The molecule has 0 aliphatic heterocycles. The molecule has 0 saturated heterocycles. The van der Waals surface area contributed by atoms with E-state index in [-0.39, 0.29) is 5.41 Å². The van der Waals surface area contributed by atoms with Crippen molar-refractivity contribution < 1.29 is 0 Å². The molecule has 0 bridgehead atoms. The van der Waals surface area contributed by atoms with Crippen molar-refractivity contribution in [2.75, 3.05) is 0 Å². The smallest absolute Gasteiger partial charge is 0.159 e. The fourth-order valence-electron chi connectivity index (χ4n) is 7.72. The van der Waals surface area contributed by atoms with E-state index in [1.165, 1.54) is 70.3 Å². The van der Waals surface area contributed by atoms with Gasteiger partial charge in [0.25, 0.3) is 0 Å². The van der Waals surface area contributed by atoms with E-state index in [1.54, 1.807) is 0 Å². The Morgan fingerprint density at radius 1 is 0.643 bits per heavy atom. The van der Waals surface area contributed by atoms with E-state index < -0.39 is 0 Å². The van der Waals surface area contributed by atoms with Gasteiger partial charge in [0, 0.05) is 37.3 Å². The first-order chi connectivity index (χ1) is 27.2. The standard InChI is InChI=1S/C29H24S.C18H18N2.3C2H6/c1-17-15-26-24(20-9-5-7-11-25(20)29(26,3)4)16-23(17)19-13-14-22-21-10-6-8-12-27(21)30-28(22)18(19)2;1-13-8-10-15(11-9-13)17-14(2)12-19-18(20-17)16-6-4-3-5-7-16;3*1-2/h5-16H,1-4H3;3-8,10-13H,9H2,1-2H3;3*1-2H3. The molecule has 7 aromatic rings. The Morgan fingerprint density at radius 2 is 1.32 bits per heavy atom. The Balaban J connectivity index is 0.000000201. The molecule has 2 aliphatic carbocycles. The molecule has 0 amide bonds. The molecular weight excluding hydrogens is 697 g/mol. The zero-order valence-corrected chi connectivity index (χ0v) is 36.5. The molecule has 288 valence electrons. The van der Waals surface area contributed by atoms with Crippen LogP contribution in [0.2, 0.25) is 0 Å². The average molecular weight is 757 g/mol. The molecule has 2 aromatic heterocycles. The first-order valence-corrected chi connectivity index (χ1v) is 21.5. The van der Waals surface area contributed by atoms with Crippen LogP contribution in [0, 0.1) is 26.7 Å². The monoisotopic (exact) mass is 756 g/mol. The fourth-order valence-corrected chi connectivity index (χ4v) is 8.93. The Bertz CT molecular complexity index is 2480.